The van der Waals surface area contributed by atoms with Crippen LogP contribution in [0.2, 0.25) is 0 Å². The lowest BCUT2D eigenvalue weighted by molar-refractivity contribution is 0.0495. The number of hydrogen-bond acceptors (Lipinski definition) is 6. The van der Waals surface area contributed by atoms with Gasteiger partial charge in [0.2, 0.25) is 0 Å². The Labute approximate surface area is 235 Å². The number of aliphatic imine (C=N–C) groups is 1. The van der Waals surface area contributed by atoms with E-state index in [0.29, 0.717) is 42.9 Å². The van der Waals surface area contributed by atoms with Crippen LogP contribution in [-0.2, 0) is 4.74 Å². The number of likely N-dealkylation sites (tertiary alicyclic amines) is 1. The summed E-state index contributed by atoms with van der Waals surface area (Å²) in [4.78, 5) is 37.8. The first-order valence-corrected chi connectivity index (χ1v) is 14.2. The molecule has 1 aromatic carbocycles. The number of piperidine rings is 2. The van der Waals surface area contributed by atoms with Crippen LogP contribution in [0.15, 0.2) is 53.7 Å². The van der Waals surface area contributed by atoms with Crippen LogP contribution in [0.25, 0.3) is 5.57 Å². The molecule has 1 aromatic heterocycles. The minimum atomic E-state index is -0.301. The Hall–Kier alpha value is -3.92. The van der Waals surface area contributed by atoms with E-state index in [1.807, 2.05) is 47.4 Å². The molecular weight excluding hydrogens is 506 g/mol. The summed E-state index contributed by atoms with van der Waals surface area (Å²) in [5, 5.41) is 6.56. The smallest absolute Gasteiger partial charge is 0.410 e. The molecule has 10 nitrogen and oxygen atoms in total. The normalized spacial score (nSPS) is 19.2. The molecule has 4 heterocycles. The number of nitrogens with two attached hydrogens (primary N) is 1. The third-order valence-electron chi connectivity index (χ3n) is 8.27. The molecule has 2 fully saturated rings. The third kappa shape index (κ3) is 6.44. The molecule has 1 spiro atoms. The summed E-state index contributed by atoms with van der Waals surface area (Å²) in [5.74, 6) is 0.788. The van der Waals surface area contributed by atoms with Gasteiger partial charge in [-0.05, 0) is 99.5 Å². The van der Waals surface area contributed by atoms with Crippen LogP contribution in [0.5, 0.6) is 0 Å². The largest absolute Gasteiger partial charge is 0.450 e. The molecule has 10 heteroatoms. The van der Waals surface area contributed by atoms with Gasteiger partial charge in [-0.2, -0.15) is 4.99 Å². The molecule has 3 aliphatic heterocycles. The maximum atomic E-state index is 13.1. The van der Waals surface area contributed by atoms with Gasteiger partial charge in [0.25, 0.3) is 5.91 Å². The number of aromatic nitrogens is 1. The van der Waals surface area contributed by atoms with E-state index >= 15 is 0 Å². The number of nitrogens with one attached hydrogen (secondary N) is 2. The lowest BCUT2D eigenvalue weighted by Crippen LogP contribution is -2.47. The fraction of sp³-hybridized carbons (Fsp3) is 0.467. The second kappa shape index (κ2) is 12.5. The van der Waals surface area contributed by atoms with Gasteiger partial charge in [-0.3, -0.25) is 4.79 Å². The molecule has 212 valence electrons. The van der Waals surface area contributed by atoms with Crippen molar-refractivity contribution in [3.63, 3.8) is 0 Å². The second-order valence-electron chi connectivity index (χ2n) is 10.7. The van der Waals surface area contributed by atoms with Crippen LogP contribution in [-0.4, -0.2) is 78.6 Å². The summed E-state index contributed by atoms with van der Waals surface area (Å²) in [5.41, 5.74) is 10.0. The monoisotopic (exact) mass is 545 g/mol. The van der Waals surface area contributed by atoms with Crippen molar-refractivity contribution < 1.29 is 14.3 Å². The van der Waals surface area contributed by atoms with Crippen molar-refractivity contribution in [2.45, 2.75) is 39.0 Å². The summed E-state index contributed by atoms with van der Waals surface area (Å²) in [6, 6.07) is 11.2. The number of pyridine rings is 1. The number of guanidine groups is 1. The molecule has 0 bridgehead atoms. The van der Waals surface area contributed by atoms with Crippen molar-refractivity contribution in [1.82, 2.24) is 20.1 Å². The number of nitrogens with zero attached hydrogens (tertiary/aromatic N) is 4. The molecule has 0 saturated carbocycles. The molecular formula is C30H39N7O3. The summed E-state index contributed by atoms with van der Waals surface area (Å²) in [7, 11) is 0. The van der Waals surface area contributed by atoms with E-state index in [1.165, 1.54) is 12.8 Å². The average molecular weight is 546 g/mol. The van der Waals surface area contributed by atoms with Crippen molar-refractivity contribution >= 4 is 35.0 Å². The number of rotatable bonds is 5. The zero-order valence-corrected chi connectivity index (χ0v) is 23.2. The van der Waals surface area contributed by atoms with Crippen LogP contribution in [0.3, 0.4) is 0 Å². The molecule has 5 rings (SSSR count). The molecule has 2 aromatic rings. The van der Waals surface area contributed by atoms with Crippen LogP contribution in [0.4, 0.5) is 16.3 Å². The van der Waals surface area contributed by atoms with Gasteiger partial charge in [0.05, 0.1) is 6.61 Å². The Kier molecular flexibility index (Phi) is 8.64. The Morgan fingerprint density at radius 1 is 1.07 bits per heavy atom. The minimum absolute atomic E-state index is 0.0809. The van der Waals surface area contributed by atoms with E-state index in [4.69, 9.17) is 10.5 Å². The van der Waals surface area contributed by atoms with Gasteiger partial charge < -0.3 is 30.9 Å². The molecule has 0 radical (unpaired) electrons. The zero-order valence-electron chi connectivity index (χ0n) is 23.2. The zero-order chi connectivity index (χ0) is 28.0. The molecule has 0 unspecified atom stereocenters. The van der Waals surface area contributed by atoms with Crippen LogP contribution < -0.4 is 16.4 Å². The second-order valence-corrected chi connectivity index (χ2v) is 10.7. The summed E-state index contributed by atoms with van der Waals surface area (Å²) < 4.78 is 5.10. The van der Waals surface area contributed by atoms with E-state index in [2.05, 4.69) is 20.6 Å². The van der Waals surface area contributed by atoms with Gasteiger partial charge in [-0.15, -0.1) is 0 Å². The standard InChI is InChI=1S/C30H39N7O3/c1-2-40-29(39)37-18-9-22(10-19-37)25-4-3-15-33-26(25)35-28(31)34-24-7-5-23(6-8-24)27(38)36-20-13-30(14-21-36)11-16-32-17-12-30/h3-9,15,32H,2,10-14,16-21H2,1H3,(H3,31,33,34,35). The minimum Gasteiger partial charge on any atom is -0.450 e. The SMILES string of the molecule is CCOC(=O)N1CC=C(c2cccnc2N=C(N)Nc2ccc(C(=O)N3CCC4(CCNCC4)CC3)cc2)CC1. The van der Waals surface area contributed by atoms with E-state index in [1.54, 1.807) is 18.0 Å². The Bertz CT molecular complexity index is 1260. The first-order chi connectivity index (χ1) is 19.5. The molecule has 0 atom stereocenters. The predicted molar refractivity (Wildman–Crippen MR) is 156 cm³/mol. The van der Waals surface area contributed by atoms with Gasteiger partial charge >= 0.3 is 6.09 Å². The van der Waals surface area contributed by atoms with Crippen molar-refractivity contribution in [2.24, 2.45) is 16.1 Å². The maximum absolute atomic E-state index is 13.1. The lowest BCUT2D eigenvalue weighted by Gasteiger charge is -2.44. The summed E-state index contributed by atoms with van der Waals surface area (Å²) in [6.45, 7) is 7.02. The van der Waals surface area contributed by atoms with Crippen LogP contribution in [0.1, 0.15) is 54.9 Å². The first-order valence-electron chi connectivity index (χ1n) is 14.2. The number of anilines is 1. The van der Waals surface area contributed by atoms with Gasteiger partial charge in [0.15, 0.2) is 11.8 Å². The fourth-order valence-corrected chi connectivity index (χ4v) is 5.84. The topological polar surface area (TPSA) is 125 Å². The molecule has 0 aliphatic carbocycles. The molecule has 40 heavy (non-hydrogen) atoms. The number of carbonyl (C=O) groups excluding carboxylic acids is 2. The molecule has 4 N–H and O–H groups in total. The van der Waals surface area contributed by atoms with Crippen molar-refractivity contribution in [3.05, 3.63) is 59.8 Å². The van der Waals surface area contributed by atoms with Crippen LogP contribution >= 0.6 is 0 Å². The van der Waals surface area contributed by atoms with Crippen molar-refractivity contribution in [3.8, 4) is 0 Å². The van der Waals surface area contributed by atoms with Gasteiger partial charge in [-0.25, -0.2) is 9.78 Å². The number of benzene rings is 1. The maximum Gasteiger partial charge on any atom is 0.410 e. The highest BCUT2D eigenvalue weighted by molar-refractivity contribution is 5.97. The van der Waals surface area contributed by atoms with E-state index in [9.17, 15) is 9.59 Å². The number of amides is 2. The number of carbonyl (C=O) groups is 2. The molecule has 3 aliphatic rings. The average Bonchev–Trinajstić information content (AvgIpc) is 2.98. The van der Waals surface area contributed by atoms with Gasteiger partial charge in [0, 0.05) is 49.2 Å². The molecule has 2 amide bonds. The first kappa shape index (κ1) is 27.6. The van der Waals surface area contributed by atoms with Crippen molar-refractivity contribution in [1.29, 1.82) is 0 Å². The molecule has 2 saturated heterocycles. The fourth-order valence-electron chi connectivity index (χ4n) is 5.84. The van der Waals surface area contributed by atoms with Crippen molar-refractivity contribution in [2.75, 3.05) is 51.2 Å². The highest BCUT2D eigenvalue weighted by Crippen LogP contribution is 2.39. The van der Waals surface area contributed by atoms with E-state index < -0.39 is 0 Å². The Morgan fingerprint density at radius 2 is 1.82 bits per heavy atom. The highest BCUT2D eigenvalue weighted by atomic mass is 16.6. The predicted octanol–water partition coefficient (Wildman–Crippen LogP) is 3.99. The van der Waals surface area contributed by atoms with E-state index in [-0.39, 0.29) is 18.0 Å². The number of hydrogen-bond donors (Lipinski definition) is 3. The summed E-state index contributed by atoms with van der Waals surface area (Å²) >= 11 is 0. The Morgan fingerprint density at radius 3 is 2.50 bits per heavy atom. The lowest BCUT2D eigenvalue weighted by atomic mass is 9.71. The van der Waals surface area contributed by atoms with E-state index in [0.717, 1.165) is 55.8 Å². The van der Waals surface area contributed by atoms with Gasteiger partial charge in [-0.1, -0.05) is 6.08 Å². The highest BCUT2D eigenvalue weighted by Gasteiger charge is 2.36. The van der Waals surface area contributed by atoms with Gasteiger partial charge in [0.1, 0.15) is 0 Å². The quantitative estimate of drug-likeness (QED) is 0.383. The number of ether oxygens (including phenoxy) is 1. The third-order valence-corrected chi connectivity index (χ3v) is 8.27. The Balaban J connectivity index is 1.19. The van der Waals surface area contributed by atoms with Crippen LogP contribution in [0, 0.1) is 5.41 Å². The summed E-state index contributed by atoms with van der Waals surface area (Å²) in [6.07, 6.45) is 8.65.